The molecule has 3 rings (SSSR count). The molecule has 0 amide bonds. The van der Waals surface area contributed by atoms with Gasteiger partial charge in [0.05, 0.1) is 18.9 Å². The number of hydrogen-bond acceptors (Lipinski definition) is 7. The fourth-order valence-electron chi connectivity index (χ4n) is 4.26. The Hall–Kier alpha value is -4.00. The first-order valence-corrected chi connectivity index (χ1v) is 12.0. The normalized spacial score (nSPS) is 12.3. The minimum absolute atomic E-state index is 0.136. The van der Waals surface area contributed by atoms with Crippen LogP contribution in [0.3, 0.4) is 0 Å². The first kappa shape index (κ1) is 26.6. The van der Waals surface area contributed by atoms with Crippen LogP contribution in [0.1, 0.15) is 65.6 Å². The van der Waals surface area contributed by atoms with Gasteiger partial charge in [-0.15, -0.1) is 0 Å². The van der Waals surface area contributed by atoms with Gasteiger partial charge in [0.1, 0.15) is 0 Å². The predicted molar refractivity (Wildman–Crippen MR) is 137 cm³/mol. The van der Waals surface area contributed by atoms with Crippen molar-refractivity contribution in [2.24, 2.45) is 5.16 Å². The number of aryl methyl sites for hydroxylation is 2. The van der Waals surface area contributed by atoms with Gasteiger partial charge in [-0.05, 0) is 62.1 Å². The third kappa shape index (κ3) is 6.36. The van der Waals surface area contributed by atoms with Crippen LogP contribution >= 0.6 is 0 Å². The molecule has 0 radical (unpaired) electrons. The summed E-state index contributed by atoms with van der Waals surface area (Å²) in [4.78, 5) is 29.3. The van der Waals surface area contributed by atoms with Crippen LogP contribution in [-0.2, 0) is 19.1 Å². The highest BCUT2D eigenvalue weighted by Crippen LogP contribution is 2.33. The van der Waals surface area contributed by atoms with Crippen LogP contribution in [0.5, 0.6) is 0 Å². The van der Waals surface area contributed by atoms with E-state index in [0.717, 1.165) is 27.9 Å². The summed E-state index contributed by atoms with van der Waals surface area (Å²) in [6.07, 6.45) is 2.13. The van der Waals surface area contributed by atoms with E-state index in [2.05, 4.69) is 16.2 Å². The van der Waals surface area contributed by atoms with Gasteiger partial charge in [0.25, 0.3) is 0 Å². The Labute approximate surface area is 211 Å². The highest BCUT2D eigenvalue weighted by molar-refractivity contribution is 6.01. The summed E-state index contributed by atoms with van der Waals surface area (Å²) in [7, 11) is 0. The summed E-state index contributed by atoms with van der Waals surface area (Å²) >= 11 is 0. The maximum Gasteiger partial charge on any atom is 0.324 e. The molecule has 7 nitrogen and oxygen atoms in total. The zero-order chi connectivity index (χ0) is 26.1. The summed E-state index contributed by atoms with van der Waals surface area (Å²) in [6.45, 7) is 7.65. The number of esters is 2. The van der Waals surface area contributed by atoms with Crippen molar-refractivity contribution in [2.45, 2.75) is 46.0 Å². The lowest BCUT2D eigenvalue weighted by molar-refractivity contribution is -0.156. The van der Waals surface area contributed by atoms with E-state index in [-0.39, 0.29) is 19.1 Å². The third-order valence-corrected chi connectivity index (χ3v) is 6.03. The summed E-state index contributed by atoms with van der Waals surface area (Å²) in [6, 6.07) is 19.1. The molecule has 0 saturated heterocycles. The van der Waals surface area contributed by atoms with E-state index in [0.29, 0.717) is 17.7 Å². The largest absolute Gasteiger partial charge is 0.465 e. The number of rotatable bonds is 10. The Balaban J connectivity index is 2.01. The molecule has 0 aliphatic rings. The minimum Gasteiger partial charge on any atom is -0.465 e. The average Bonchev–Trinajstić information content (AvgIpc) is 2.86. The SMILES string of the molecule is CCOC(=O)C(C(=O)OCC)c1ccc(C(CC(=NO)c2ccnc(C)c2)c2ccccc2C)cc1. The van der Waals surface area contributed by atoms with Crippen molar-refractivity contribution < 1.29 is 24.3 Å². The Bertz CT molecular complexity index is 1200. The van der Waals surface area contributed by atoms with Gasteiger partial charge >= 0.3 is 11.9 Å². The molecule has 7 heteroatoms. The van der Waals surface area contributed by atoms with Crippen molar-refractivity contribution in [3.63, 3.8) is 0 Å². The van der Waals surface area contributed by atoms with E-state index in [4.69, 9.17) is 9.47 Å². The van der Waals surface area contributed by atoms with Crippen LogP contribution in [0.2, 0.25) is 0 Å². The van der Waals surface area contributed by atoms with Crippen LogP contribution in [-0.4, -0.2) is 41.1 Å². The van der Waals surface area contributed by atoms with Crippen LogP contribution in [0, 0.1) is 13.8 Å². The second-order valence-corrected chi connectivity index (χ2v) is 8.45. The number of pyridine rings is 1. The molecule has 1 aromatic heterocycles. The number of carbonyl (C=O) groups is 2. The lowest BCUT2D eigenvalue weighted by Crippen LogP contribution is -2.26. The molecular weight excluding hydrogens is 456 g/mol. The van der Waals surface area contributed by atoms with Crippen molar-refractivity contribution in [3.05, 3.63) is 100 Å². The molecule has 3 aromatic rings. The van der Waals surface area contributed by atoms with Gasteiger partial charge in [-0.25, -0.2) is 0 Å². The van der Waals surface area contributed by atoms with E-state index < -0.39 is 17.9 Å². The Morgan fingerprint density at radius 2 is 1.53 bits per heavy atom. The van der Waals surface area contributed by atoms with Gasteiger partial charge in [-0.2, -0.15) is 0 Å². The van der Waals surface area contributed by atoms with Crippen molar-refractivity contribution >= 4 is 17.7 Å². The molecule has 188 valence electrons. The second kappa shape index (κ2) is 12.6. The standard InChI is InChI=1S/C29H32N2O5/c1-5-35-28(32)27(29(33)36-6-2)22-13-11-21(12-14-22)25(24-10-8-7-9-19(24)3)18-26(31-34)23-15-16-30-20(4)17-23/h7-17,25,27,34H,5-6,18H2,1-4H3. The molecule has 0 fully saturated rings. The zero-order valence-electron chi connectivity index (χ0n) is 21.1. The Morgan fingerprint density at radius 1 is 0.917 bits per heavy atom. The van der Waals surface area contributed by atoms with Crippen molar-refractivity contribution in [3.8, 4) is 0 Å². The molecule has 0 spiro atoms. The molecule has 36 heavy (non-hydrogen) atoms. The molecular formula is C29H32N2O5. The fraction of sp³-hybridized carbons (Fsp3) is 0.310. The average molecular weight is 489 g/mol. The second-order valence-electron chi connectivity index (χ2n) is 8.45. The number of nitrogens with zero attached hydrogens (tertiary/aromatic N) is 2. The van der Waals surface area contributed by atoms with Gasteiger partial charge in [0.15, 0.2) is 5.92 Å². The number of oxime groups is 1. The lowest BCUT2D eigenvalue weighted by Gasteiger charge is -2.22. The zero-order valence-corrected chi connectivity index (χ0v) is 21.1. The number of hydrogen-bond donors (Lipinski definition) is 1. The maximum atomic E-state index is 12.5. The highest BCUT2D eigenvalue weighted by atomic mass is 16.6. The number of ether oxygens (including phenoxy) is 2. The Kier molecular flexibility index (Phi) is 9.33. The summed E-state index contributed by atoms with van der Waals surface area (Å²) in [5.74, 6) is -2.56. The molecule has 2 aromatic carbocycles. The summed E-state index contributed by atoms with van der Waals surface area (Å²) in [5, 5.41) is 13.5. The topological polar surface area (TPSA) is 98.1 Å². The first-order valence-electron chi connectivity index (χ1n) is 12.0. The summed E-state index contributed by atoms with van der Waals surface area (Å²) in [5.41, 5.74) is 5.80. The van der Waals surface area contributed by atoms with Crippen molar-refractivity contribution in [1.29, 1.82) is 0 Å². The van der Waals surface area contributed by atoms with Gasteiger partial charge in [0.2, 0.25) is 0 Å². The van der Waals surface area contributed by atoms with E-state index >= 15 is 0 Å². The fourth-order valence-corrected chi connectivity index (χ4v) is 4.26. The summed E-state index contributed by atoms with van der Waals surface area (Å²) < 4.78 is 10.3. The van der Waals surface area contributed by atoms with Gasteiger partial charge in [0, 0.05) is 29.8 Å². The maximum absolute atomic E-state index is 12.5. The Morgan fingerprint density at radius 3 is 2.08 bits per heavy atom. The van der Waals surface area contributed by atoms with Gasteiger partial charge < -0.3 is 14.7 Å². The molecule has 1 N–H and O–H groups in total. The molecule has 0 aliphatic heterocycles. The number of aromatic nitrogens is 1. The van der Waals surface area contributed by atoms with Crippen LogP contribution in [0.15, 0.2) is 72.0 Å². The molecule has 0 saturated carbocycles. The highest BCUT2D eigenvalue weighted by Gasteiger charge is 2.31. The van der Waals surface area contributed by atoms with E-state index in [1.54, 1.807) is 32.2 Å². The predicted octanol–water partition coefficient (Wildman–Crippen LogP) is 5.31. The minimum atomic E-state index is -1.15. The van der Waals surface area contributed by atoms with Crippen molar-refractivity contribution in [2.75, 3.05) is 13.2 Å². The van der Waals surface area contributed by atoms with E-state index in [1.807, 2.05) is 56.3 Å². The number of benzene rings is 2. The molecule has 1 atom stereocenters. The smallest absolute Gasteiger partial charge is 0.324 e. The van der Waals surface area contributed by atoms with Gasteiger partial charge in [-0.1, -0.05) is 53.7 Å². The molecule has 0 aliphatic carbocycles. The molecule has 1 heterocycles. The first-order chi connectivity index (χ1) is 17.4. The van der Waals surface area contributed by atoms with Crippen LogP contribution in [0.4, 0.5) is 0 Å². The molecule has 1 unspecified atom stereocenters. The van der Waals surface area contributed by atoms with Gasteiger partial charge in [-0.3, -0.25) is 14.6 Å². The number of carbonyl (C=O) groups excluding carboxylic acids is 2. The monoisotopic (exact) mass is 488 g/mol. The van der Waals surface area contributed by atoms with Crippen molar-refractivity contribution in [1.82, 2.24) is 4.98 Å². The molecule has 0 bridgehead atoms. The van der Waals surface area contributed by atoms with E-state index in [1.165, 1.54) is 0 Å². The van der Waals surface area contributed by atoms with E-state index in [9.17, 15) is 14.8 Å². The third-order valence-electron chi connectivity index (χ3n) is 6.03. The van der Waals surface area contributed by atoms with Crippen LogP contribution < -0.4 is 0 Å². The quantitative estimate of drug-likeness (QED) is 0.137. The lowest BCUT2D eigenvalue weighted by atomic mass is 9.82. The van der Waals surface area contributed by atoms with Crippen LogP contribution in [0.25, 0.3) is 0 Å².